The predicted octanol–water partition coefficient (Wildman–Crippen LogP) is 1.98. The highest BCUT2D eigenvalue weighted by molar-refractivity contribution is 5.81. The van der Waals surface area contributed by atoms with E-state index in [4.69, 9.17) is 0 Å². The van der Waals surface area contributed by atoms with E-state index in [9.17, 15) is 0 Å². The first-order chi connectivity index (χ1) is 9.30. The summed E-state index contributed by atoms with van der Waals surface area (Å²) in [4.78, 5) is 8.35. The zero-order valence-electron chi connectivity index (χ0n) is 11.2. The van der Waals surface area contributed by atoms with Gasteiger partial charge in [0.1, 0.15) is 5.69 Å². The Kier molecular flexibility index (Phi) is 4.18. The monoisotopic (exact) mass is 255 g/mol. The third-order valence-electron chi connectivity index (χ3n) is 2.89. The molecule has 2 aromatic heterocycles. The van der Waals surface area contributed by atoms with E-state index >= 15 is 0 Å². The Morgan fingerprint density at radius 2 is 2.32 bits per heavy atom. The summed E-state index contributed by atoms with van der Waals surface area (Å²) in [5.41, 5.74) is 3.84. The highest BCUT2D eigenvalue weighted by Crippen LogP contribution is 2.12. The van der Waals surface area contributed by atoms with Crippen LogP contribution in [0, 0.1) is 0 Å². The van der Waals surface area contributed by atoms with Crippen LogP contribution in [0.1, 0.15) is 29.6 Å². The Morgan fingerprint density at radius 1 is 1.47 bits per heavy atom. The smallest absolute Gasteiger partial charge is 0.130 e. The number of aryl methyl sites for hydroxylation is 1. The minimum absolute atomic E-state index is 0.642. The van der Waals surface area contributed by atoms with E-state index in [0.29, 0.717) is 6.54 Å². The number of hydrogen-bond acceptors (Lipinski definition) is 4. The lowest BCUT2D eigenvalue weighted by atomic mass is 10.1. The van der Waals surface area contributed by atoms with Gasteiger partial charge in [-0.2, -0.15) is 0 Å². The molecule has 2 aromatic rings. The molecule has 0 atom stereocenters. The van der Waals surface area contributed by atoms with Crippen molar-refractivity contribution in [2.45, 2.75) is 19.9 Å². The first-order valence-electron chi connectivity index (χ1n) is 6.21. The van der Waals surface area contributed by atoms with Gasteiger partial charge in [0.2, 0.25) is 0 Å². The van der Waals surface area contributed by atoms with Crippen molar-refractivity contribution in [3.8, 4) is 0 Å². The molecule has 0 saturated heterocycles. The van der Waals surface area contributed by atoms with Crippen LogP contribution in [0.25, 0.3) is 6.08 Å². The Morgan fingerprint density at radius 3 is 3.00 bits per heavy atom. The molecule has 19 heavy (non-hydrogen) atoms. The van der Waals surface area contributed by atoms with Crippen LogP contribution in [0.5, 0.6) is 0 Å². The highest BCUT2D eigenvalue weighted by atomic mass is 15.4. The molecule has 0 aliphatic carbocycles. The Balaban J connectivity index is 2.35. The van der Waals surface area contributed by atoms with Gasteiger partial charge in [0.15, 0.2) is 0 Å². The van der Waals surface area contributed by atoms with E-state index in [-0.39, 0.29) is 0 Å². The van der Waals surface area contributed by atoms with Crippen LogP contribution in [-0.4, -0.2) is 33.2 Å². The van der Waals surface area contributed by atoms with Gasteiger partial charge < -0.3 is 0 Å². The molecule has 2 rings (SSSR count). The van der Waals surface area contributed by atoms with E-state index in [1.807, 2.05) is 16.9 Å². The van der Waals surface area contributed by atoms with Gasteiger partial charge in [0.25, 0.3) is 0 Å². The van der Waals surface area contributed by atoms with Gasteiger partial charge in [-0.05, 0) is 24.1 Å². The molecule has 0 bridgehead atoms. The fraction of sp³-hybridized carbons (Fsp3) is 0.286. The zero-order chi connectivity index (χ0) is 13.7. The fourth-order valence-corrected chi connectivity index (χ4v) is 1.97. The van der Waals surface area contributed by atoms with Crippen LogP contribution in [0.4, 0.5) is 0 Å². The zero-order valence-corrected chi connectivity index (χ0v) is 11.2. The standard InChI is InChI=1S/C14H17N5/c1-4-12-11(7-6-8-16-12)10-19-14(5-2)13(9-15-3)17-18-19/h5-9H,2,4,10H2,1,3H3. The quantitative estimate of drug-likeness (QED) is 0.768. The normalized spacial score (nSPS) is 11.1. The molecule has 98 valence electrons. The molecule has 0 N–H and O–H groups in total. The van der Waals surface area contributed by atoms with Crippen molar-refractivity contribution in [1.82, 2.24) is 20.0 Å². The van der Waals surface area contributed by atoms with Crippen molar-refractivity contribution in [1.29, 1.82) is 0 Å². The molecule has 0 saturated carbocycles. The van der Waals surface area contributed by atoms with Gasteiger partial charge in [-0.3, -0.25) is 9.98 Å². The highest BCUT2D eigenvalue weighted by Gasteiger charge is 2.10. The summed E-state index contributed by atoms with van der Waals surface area (Å²) >= 11 is 0. The number of nitrogens with zero attached hydrogens (tertiary/aromatic N) is 5. The fourth-order valence-electron chi connectivity index (χ4n) is 1.97. The van der Waals surface area contributed by atoms with Crippen LogP contribution in [-0.2, 0) is 13.0 Å². The van der Waals surface area contributed by atoms with Gasteiger partial charge in [-0.15, -0.1) is 5.10 Å². The van der Waals surface area contributed by atoms with E-state index in [0.717, 1.165) is 29.1 Å². The van der Waals surface area contributed by atoms with Crippen LogP contribution in [0.15, 0.2) is 29.9 Å². The molecule has 2 heterocycles. The lowest BCUT2D eigenvalue weighted by Crippen LogP contribution is -2.07. The van der Waals surface area contributed by atoms with Gasteiger partial charge in [-0.25, -0.2) is 4.68 Å². The minimum Gasteiger partial charge on any atom is -0.294 e. The maximum absolute atomic E-state index is 4.38. The molecule has 0 fully saturated rings. The Hall–Kier alpha value is -2.30. The summed E-state index contributed by atoms with van der Waals surface area (Å²) in [6.07, 6.45) is 6.15. The van der Waals surface area contributed by atoms with Crippen molar-refractivity contribution in [2.24, 2.45) is 4.99 Å². The van der Waals surface area contributed by atoms with Gasteiger partial charge in [0, 0.05) is 18.9 Å². The summed E-state index contributed by atoms with van der Waals surface area (Å²) in [7, 11) is 1.71. The largest absolute Gasteiger partial charge is 0.294 e. The molecule has 5 nitrogen and oxygen atoms in total. The molecule has 0 spiro atoms. The number of aliphatic imine (C=N–C) groups is 1. The molecule has 0 aliphatic heterocycles. The van der Waals surface area contributed by atoms with Gasteiger partial charge in [-0.1, -0.05) is 24.8 Å². The second kappa shape index (κ2) is 6.04. The number of pyridine rings is 1. The first kappa shape index (κ1) is 13.1. The summed E-state index contributed by atoms with van der Waals surface area (Å²) in [5, 5.41) is 8.25. The van der Waals surface area contributed by atoms with Crippen molar-refractivity contribution in [3.63, 3.8) is 0 Å². The topological polar surface area (TPSA) is 56.0 Å². The summed E-state index contributed by atoms with van der Waals surface area (Å²) in [6, 6.07) is 4.00. The Labute approximate surface area is 112 Å². The lowest BCUT2D eigenvalue weighted by molar-refractivity contribution is 0.638. The molecular weight excluding hydrogens is 238 g/mol. The molecule has 0 amide bonds. The van der Waals surface area contributed by atoms with Crippen LogP contribution >= 0.6 is 0 Å². The number of hydrogen-bond donors (Lipinski definition) is 0. The second-order valence-electron chi connectivity index (χ2n) is 4.07. The average molecular weight is 255 g/mol. The maximum Gasteiger partial charge on any atom is 0.130 e. The van der Waals surface area contributed by atoms with E-state index < -0.39 is 0 Å². The van der Waals surface area contributed by atoms with E-state index in [1.54, 1.807) is 19.3 Å². The third-order valence-corrected chi connectivity index (χ3v) is 2.89. The number of aromatic nitrogens is 4. The molecular formula is C14H17N5. The minimum atomic E-state index is 0.642. The predicted molar refractivity (Wildman–Crippen MR) is 76.3 cm³/mol. The molecule has 5 heteroatoms. The molecule has 0 unspecified atom stereocenters. The van der Waals surface area contributed by atoms with Gasteiger partial charge in [0.05, 0.1) is 18.5 Å². The Bertz CT molecular complexity index is 598. The average Bonchev–Trinajstić information content (AvgIpc) is 2.82. The second-order valence-corrected chi connectivity index (χ2v) is 4.07. The first-order valence-corrected chi connectivity index (χ1v) is 6.21. The molecule has 0 aliphatic rings. The summed E-state index contributed by atoms with van der Waals surface area (Å²) in [5.74, 6) is 0. The summed E-state index contributed by atoms with van der Waals surface area (Å²) < 4.78 is 1.82. The van der Waals surface area contributed by atoms with Crippen LogP contribution in [0.2, 0.25) is 0 Å². The van der Waals surface area contributed by atoms with Gasteiger partial charge >= 0.3 is 0 Å². The summed E-state index contributed by atoms with van der Waals surface area (Å²) in [6.45, 7) is 6.55. The SMILES string of the molecule is C=Cc1c(C=NC)nnn1Cc1cccnc1CC. The maximum atomic E-state index is 4.38. The van der Waals surface area contributed by atoms with Crippen molar-refractivity contribution < 1.29 is 0 Å². The molecule has 0 aromatic carbocycles. The van der Waals surface area contributed by atoms with E-state index in [1.165, 1.54) is 0 Å². The van der Waals surface area contributed by atoms with Crippen molar-refractivity contribution in [3.05, 3.63) is 47.6 Å². The van der Waals surface area contributed by atoms with Crippen molar-refractivity contribution in [2.75, 3.05) is 7.05 Å². The lowest BCUT2D eigenvalue weighted by Gasteiger charge is -2.07. The van der Waals surface area contributed by atoms with Crippen molar-refractivity contribution >= 4 is 12.3 Å². The van der Waals surface area contributed by atoms with Crippen LogP contribution < -0.4 is 0 Å². The van der Waals surface area contributed by atoms with Crippen LogP contribution in [0.3, 0.4) is 0 Å². The van der Waals surface area contributed by atoms with E-state index in [2.05, 4.69) is 39.9 Å². The molecule has 0 radical (unpaired) electrons. The third kappa shape index (κ3) is 2.76. The number of rotatable bonds is 5.